The minimum Gasteiger partial charge on any atom is -0.368 e. The number of unbranched alkanes of at least 4 members (excludes halogenated alkanes) is 1. The van der Waals surface area contributed by atoms with Gasteiger partial charge in [0.2, 0.25) is 0 Å². The smallest absolute Gasteiger partial charge is 0.196 e. The topological polar surface area (TPSA) is 39.7 Å². The maximum atomic E-state index is 4.87. The Hall–Kier alpha value is -1.36. The third kappa shape index (κ3) is 4.57. The van der Waals surface area contributed by atoms with E-state index in [-0.39, 0.29) is 0 Å². The second kappa shape index (κ2) is 8.93. The Bertz CT molecular complexity index is 495. The van der Waals surface area contributed by atoms with E-state index in [1.807, 2.05) is 18.8 Å². The molecule has 0 aromatic heterocycles. The fourth-order valence-electron chi connectivity index (χ4n) is 2.53. The molecule has 2 rings (SSSR count). The van der Waals surface area contributed by atoms with Crippen molar-refractivity contribution in [2.24, 2.45) is 4.99 Å². The number of nitrogens with one attached hydrogen (secondary N) is 2. The van der Waals surface area contributed by atoms with Gasteiger partial charge in [-0.25, -0.2) is 4.99 Å². The molecule has 122 valence electrons. The number of aliphatic imine (C=N–C) groups is 1. The SMILES string of the molecule is CCCCN/C(=N\c1c(C)cccc1N1CCSCC1)NC. The summed E-state index contributed by atoms with van der Waals surface area (Å²) in [6.07, 6.45) is 2.34. The molecule has 2 N–H and O–H groups in total. The van der Waals surface area contributed by atoms with Gasteiger partial charge >= 0.3 is 0 Å². The Morgan fingerprint density at radius 1 is 1.32 bits per heavy atom. The Morgan fingerprint density at radius 2 is 2.09 bits per heavy atom. The summed E-state index contributed by atoms with van der Waals surface area (Å²) in [7, 11) is 1.92. The van der Waals surface area contributed by atoms with Gasteiger partial charge in [-0.15, -0.1) is 0 Å². The van der Waals surface area contributed by atoms with E-state index in [1.165, 1.54) is 29.2 Å². The van der Waals surface area contributed by atoms with Crippen LogP contribution in [0.15, 0.2) is 23.2 Å². The summed E-state index contributed by atoms with van der Waals surface area (Å²) in [5, 5.41) is 6.58. The standard InChI is InChI=1S/C17H28N4S/c1-4-5-9-19-17(18-3)20-16-14(2)7-6-8-15(16)21-10-12-22-13-11-21/h6-8H,4-5,9-13H2,1-3H3,(H2,18,19,20). The molecule has 1 aliphatic rings. The molecule has 1 heterocycles. The lowest BCUT2D eigenvalue weighted by Gasteiger charge is -2.30. The molecule has 0 aliphatic carbocycles. The lowest BCUT2D eigenvalue weighted by Crippen LogP contribution is -2.35. The number of benzene rings is 1. The number of thioether (sulfide) groups is 1. The molecule has 1 aliphatic heterocycles. The van der Waals surface area contributed by atoms with Crippen LogP contribution in [-0.2, 0) is 0 Å². The van der Waals surface area contributed by atoms with Crippen LogP contribution in [0.5, 0.6) is 0 Å². The van der Waals surface area contributed by atoms with E-state index in [9.17, 15) is 0 Å². The zero-order valence-corrected chi connectivity index (χ0v) is 14.8. The molecule has 0 unspecified atom stereocenters. The van der Waals surface area contributed by atoms with Gasteiger partial charge in [-0.3, -0.25) is 0 Å². The lowest BCUT2D eigenvalue weighted by molar-refractivity contribution is 0.742. The molecule has 1 aromatic carbocycles. The van der Waals surface area contributed by atoms with E-state index >= 15 is 0 Å². The van der Waals surface area contributed by atoms with E-state index in [0.29, 0.717) is 0 Å². The van der Waals surface area contributed by atoms with Crippen molar-refractivity contribution in [3.8, 4) is 0 Å². The van der Waals surface area contributed by atoms with Gasteiger partial charge in [0.05, 0.1) is 11.4 Å². The average molecular weight is 321 g/mol. The first-order valence-corrected chi connectivity index (χ1v) is 9.34. The maximum Gasteiger partial charge on any atom is 0.196 e. The van der Waals surface area contributed by atoms with Gasteiger partial charge in [-0.05, 0) is 25.0 Å². The van der Waals surface area contributed by atoms with Crippen molar-refractivity contribution < 1.29 is 0 Å². The number of nitrogens with zero attached hydrogens (tertiary/aromatic N) is 2. The van der Waals surface area contributed by atoms with Gasteiger partial charge in [-0.2, -0.15) is 11.8 Å². The Labute approximate surface area is 138 Å². The largest absolute Gasteiger partial charge is 0.368 e. The summed E-state index contributed by atoms with van der Waals surface area (Å²) in [5.74, 6) is 3.26. The van der Waals surface area contributed by atoms with Crippen molar-refractivity contribution in [3.63, 3.8) is 0 Å². The van der Waals surface area contributed by atoms with Gasteiger partial charge in [0, 0.05) is 38.2 Å². The monoisotopic (exact) mass is 320 g/mol. The summed E-state index contributed by atoms with van der Waals surface area (Å²) in [6.45, 7) is 7.51. The molecule has 0 amide bonds. The number of hydrogen-bond acceptors (Lipinski definition) is 3. The van der Waals surface area contributed by atoms with Crippen molar-refractivity contribution in [1.29, 1.82) is 0 Å². The van der Waals surface area contributed by atoms with Crippen molar-refractivity contribution in [2.45, 2.75) is 26.7 Å². The van der Waals surface area contributed by atoms with E-state index in [2.05, 4.69) is 47.6 Å². The zero-order valence-electron chi connectivity index (χ0n) is 14.0. The number of anilines is 1. The summed E-state index contributed by atoms with van der Waals surface area (Å²) >= 11 is 2.03. The first kappa shape index (κ1) is 17.0. The number of rotatable bonds is 5. The highest BCUT2D eigenvalue weighted by molar-refractivity contribution is 7.99. The maximum absolute atomic E-state index is 4.87. The molecular formula is C17H28N4S. The van der Waals surface area contributed by atoms with Crippen LogP contribution in [0, 0.1) is 6.92 Å². The quantitative estimate of drug-likeness (QED) is 0.497. The van der Waals surface area contributed by atoms with Crippen molar-refractivity contribution in [3.05, 3.63) is 23.8 Å². The van der Waals surface area contributed by atoms with Crippen LogP contribution in [0.4, 0.5) is 11.4 Å². The van der Waals surface area contributed by atoms with Crippen LogP contribution in [0.1, 0.15) is 25.3 Å². The predicted molar refractivity (Wildman–Crippen MR) is 99.8 cm³/mol. The molecule has 0 spiro atoms. The first-order valence-electron chi connectivity index (χ1n) is 8.19. The molecule has 4 nitrogen and oxygen atoms in total. The van der Waals surface area contributed by atoms with E-state index in [1.54, 1.807) is 0 Å². The molecular weight excluding hydrogens is 292 g/mol. The van der Waals surface area contributed by atoms with Gasteiger partial charge in [-0.1, -0.05) is 25.5 Å². The molecule has 0 radical (unpaired) electrons. The molecule has 1 fully saturated rings. The highest BCUT2D eigenvalue weighted by Crippen LogP contribution is 2.33. The fourth-order valence-corrected chi connectivity index (χ4v) is 3.43. The Balaban J connectivity index is 2.23. The van der Waals surface area contributed by atoms with E-state index in [4.69, 9.17) is 4.99 Å². The summed E-state index contributed by atoms with van der Waals surface area (Å²) in [4.78, 5) is 7.33. The number of guanidine groups is 1. The van der Waals surface area contributed by atoms with E-state index in [0.717, 1.165) is 37.7 Å². The minimum absolute atomic E-state index is 0.857. The molecule has 1 saturated heterocycles. The highest BCUT2D eigenvalue weighted by Gasteiger charge is 2.16. The molecule has 1 aromatic rings. The van der Waals surface area contributed by atoms with Crippen molar-refractivity contribution in [2.75, 3.05) is 43.1 Å². The molecule has 0 atom stereocenters. The number of aryl methyl sites for hydroxylation is 1. The third-order valence-corrected chi connectivity index (χ3v) is 4.79. The van der Waals surface area contributed by atoms with Crippen LogP contribution < -0.4 is 15.5 Å². The van der Waals surface area contributed by atoms with E-state index < -0.39 is 0 Å². The summed E-state index contributed by atoms with van der Waals surface area (Å²) < 4.78 is 0. The molecule has 0 bridgehead atoms. The van der Waals surface area contributed by atoms with Gasteiger partial charge < -0.3 is 15.5 Å². The van der Waals surface area contributed by atoms with Crippen LogP contribution in [0.25, 0.3) is 0 Å². The summed E-state index contributed by atoms with van der Waals surface area (Å²) in [5.41, 5.74) is 3.56. The minimum atomic E-state index is 0.857. The fraction of sp³-hybridized carbons (Fsp3) is 0.588. The van der Waals surface area contributed by atoms with Crippen molar-refractivity contribution >= 4 is 29.1 Å². The van der Waals surface area contributed by atoms with Gasteiger partial charge in [0.1, 0.15) is 0 Å². The molecule has 22 heavy (non-hydrogen) atoms. The van der Waals surface area contributed by atoms with Crippen LogP contribution in [0.3, 0.4) is 0 Å². The van der Waals surface area contributed by atoms with Crippen LogP contribution in [-0.4, -0.2) is 44.1 Å². The van der Waals surface area contributed by atoms with Gasteiger partial charge in [0.15, 0.2) is 5.96 Å². The second-order valence-corrected chi connectivity index (χ2v) is 6.76. The number of hydrogen-bond donors (Lipinski definition) is 2. The Morgan fingerprint density at radius 3 is 2.77 bits per heavy atom. The second-order valence-electron chi connectivity index (χ2n) is 5.53. The summed E-state index contributed by atoms with van der Waals surface area (Å²) in [6, 6.07) is 6.47. The average Bonchev–Trinajstić information content (AvgIpc) is 2.56. The first-order chi connectivity index (χ1) is 10.8. The molecule has 5 heteroatoms. The zero-order chi connectivity index (χ0) is 15.8. The molecule has 0 saturated carbocycles. The third-order valence-electron chi connectivity index (χ3n) is 3.85. The predicted octanol–water partition coefficient (Wildman–Crippen LogP) is 3.14. The van der Waals surface area contributed by atoms with Crippen LogP contribution in [0.2, 0.25) is 0 Å². The van der Waals surface area contributed by atoms with Gasteiger partial charge in [0.25, 0.3) is 0 Å². The highest BCUT2D eigenvalue weighted by atomic mass is 32.2. The van der Waals surface area contributed by atoms with Crippen LogP contribution >= 0.6 is 11.8 Å². The lowest BCUT2D eigenvalue weighted by atomic mass is 10.1. The Kier molecular flexibility index (Phi) is 6.90. The normalized spacial score (nSPS) is 15.8. The van der Waals surface area contributed by atoms with Crippen molar-refractivity contribution in [1.82, 2.24) is 10.6 Å². The number of para-hydroxylation sites is 1.